The molecule has 0 bridgehead atoms. The molecule has 0 unspecified atom stereocenters. The van der Waals surface area contributed by atoms with Gasteiger partial charge in [0.15, 0.2) is 11.5 Å². The standard InChI is InChI=1S/C23H24N4O5S/c28-13-3-4-17-14-25-21(15-24-17)26-23(29)22(27-32-18-5-1-2-6-18)16-7-9-19(10-8-16)33(30,31)20-11-12-20/h7-11,14-15,18,28,30-31H,1-2,5-6,12-13H2,(H,25,26,29). The van der Waals surface area contributed by atoms with E-state index in [1.165, 1.54) is 12.4 Å². The number of carbonyl (C=O) groups is 1. The maximum absolute atomic E-state index is 13.0. The number of amides is 1. The molecule has 33 heavy (non-hydrogen) atoms. The van der Waals surface area contributed by atoms with Crippen LogP contribution in [0.25, 0.3) is 0 Å². The van der Waals surface area contributed by atoms with E-state index in [1.54, 1.807) is 30.3 Å². The van der Waals surface area contributed by atoms with Crippen LogP contribution in [0.2, 0.25) is 0 Å². The van der Waals surface area contributed by atoms with Crippen molar-refractivity contribution in [2.24, 2.45) is 5.16 Å². The molecule has 4 N–H and O–H groups in total. The Morgan fingerprint density at radius 3 is 2.52 bits per heavy atom. The number of anilines is 1. The first kappa shape index (κ1) is 22.9. The molecule has 172 valence electrons. The molecule has 1 amide bonds. The van der Waals surface area contributed by atoms with Crippen molar-refractivity contribution in [2.75, 3.05) is 11.9 Å². The number of nitrogens with one attached hydrogen (secondary N) is 1. The first-order valence-corrected chi connectivity index (χ1v) is 12.1. The number of aliphatic hydroxyl groups excluding tert-OH is 1. The first-order chi connectivity index (χ1) is 16.0. The SMILES string of the molecule is O=C(Nc1cnc(C#CCO)cn1)C(=NOC1CCCC1)c1ccc(S(O)(O)C2=CC2)cc1. The quantitative estimate of drug-likeness (QED) is 0.277. The minimum Gasteiger partial charge on any atom is -0.392 e. The molecular formula is C23H24N4O5S. The Bertz CT molecular complexity index is 1130. The Morgan fingerprint density at radius 1 is 1.18 bits per heavy atom. The summed E-state index contributed by atoms with van der Waals surface area (Å²) < 4.78 is 20.8. The van der Waals surface area contributed by atoms with Crippen LogP contribution in [-0.4, -0.2) is 48.5 Å². The van der Waals surface area contributed by atoms with Crippen molar-refractivity contribution >= 4 is 28.0 Å². The second-order valence-corrected chi connectivity index (χ2v) is 9.69. The molecular weight excluding hydrogens is 444 g/mol. The highest BCUT2D eigenvalue weighted by atomic mass is 32.3. The number of hydrogen-bond donors (Lipinski definition) is 4. The smallest absolute Gasteiger partial charge is 0.279 e. The first-order valence-electron chi connectivity index (χ1n) is 10.5. The summed E-state index contributed by atoms with van der Waals surface area (Å²) in [4.78, 5) is 27.9. The van der Waals surface area contributed by atoms with E-state index in [9.17, 15) is 13.9 Å². The van der Waals surface area contributed by atoms with Crippen LogP contribution < -0.4 is 5.32 Å². The van der Waals surface area contributed by atoms with E-state index in [2.05, 4.69) is 32.3 Å². The summed E-state index contributed by atoms with van der Waals surface area (Å²) in [6.07, 6.45) is 8.97. The number of benzene rings is 1. The third kappa shape index (κ3) is 5.77. The zero-order chi connectivity index (χ0) is 23.3. The zero-order valence-corrected chi connectivity index (χ0v) is 18.6. The average molecular weight is 469 g/mol. The number of hydrogen-bond acceptors (Lipinski definition) is 8. The molecule has 1 fully saturated rings. The summed E-state index contributed by atoms with van der Waals surface area (Å²) >= 11 is 0. The van der Waals surface area contributed by atoms with Crippen molar-refractivity contribution in [1.29, 1.82) is 0 Å². The van der Waals surface area contributed by atoms with Gasteiger partial charge in [-0.05, 0) is 43.7 Å². The normalized spacial score (nSPS) is 16.5. The number of aliphatic hydroxyl groups is 1. The molecule has 0 spiro atoms. The molecule has 2 aliphatic rings. The van der Waals surface area contributed by atoms with Crippen molar-refractivity contribution in [3.63, 3.8) is 0 Å². The molecule has 9 nitrogen and oxygen atoms in total. The Balaban J connectivity index is 1.54. The van der Waals surface area contributed by atoms with Gasteiger partial charge in [0.25, 0.3) is 5.91 Å². The fourth-order valence-corrected chi connectivity index (χ4v) is 4.70. The Hall–Kier alpha value is -3.23. The largest absolute Gasteiger partial charge is 0.392 e. The molecule has 1 saturated carbocycles. The lowest BCUT2D eigenvalue weighted by Crippen LogP contribution is -2.25. The Kier molecular flexibility index (Phi) is 7.05. The summed E-state index contributed by atoms with van der Waals surface area (Å²) in [5.74, 6) is 4.77. The third-order valence-corrected chi connectivity index (χ3v) is 7.19. The minimum absolute atomic E-state index is 0.0370. The number of aromatic nitrogens is 2. The maximum Gasteiger partial charge on any atom is 0.279 e. The number of allylic oxidation sites excluding steroid dienone is 2. The van der Waals surface area contributed by atoms with Crippen LogP contribution >= 0.6 is 10.6 Å². The highest BCUT2D eigenvalue weighted by Gasteiger charge is 2.28. The number of oxime groups is 1. The molecule has 0 saturated heterocycles. The van der Waals surface area contributed by atoms with Crippen molar-refractivity contribution < 1.29 is 23.8 Å². The third-order valence-electron chi connectivity index (χ3n) is 5.19. The summed E-state index contributed by atoms with van der Waals surface area (Å²) in [5, 5.41) is 15.6. The molecule has 2 aliphatic carbocycles. The molecule has 0 atom stereocenters. The fourth-order valence-electron chi connectivity index (χ4n) is 3.34. The van der Waals surface area contributed by atoms with Crippen molar-refractivity contribution in [3.05, 3.63) is 58.9 Å². The fraction of sp³-hybridized carbons (Fsp3) is 0.304. The predicted octanol–water partition coefficient (Wildman–Crippen LogP) is 3.52. The maximum atomic E-state index is 13.0. The van der Waals surface area contributed by atoms with Crippen LogP contribution in [-0.2, 0) is 9.63 Å². The lowest BCUT2D eigenvalue weighted by molar-refractivity contribution is -0.110. The van der Waals surface area contributed by atoms with Gasteiger partial charge in [-0.2, -0.15) is 0 Å². The van der Waals surface area contributed by atoms with E-state index in [-0.39, 0.29) is 24.2 Å². The molecule has 1 aromatic heterocycles. The monoisotopic (exact) mass is 468 g/mol. The van der Waals surface area contributed by atoms with Gasteiger partial charge in [0.1, 0.15) is 18.4 Å². The second kappa shape index (κ2) is 10.1. The van der Waals surface area contributed by atoms with Crippen molar-refractivity contribution in [3.8, 4) is 11.8 Å². The number of nitrogens with zero attached hydrogens (tertiary/aromatic N) is 3. The number of rotatable bonds is 7. The van der Waals surface area contributed by atoms with E-state index in [0.29, 0.717) is 27.5 Å². The van der Waals surface area contributed by atoms with Gasteiger partial charge in [0, 0.05) is 16.9 Å². The van der Waals surface area contributed by atoms with E-state index >= 15 is 0 Å². The van der Waals surface area contributed by atoms with Gasteiger partial charge in [-0.25, -0.2) is 9.97 Å². The van der Waals surface area contributed by atoms with E-state index in [0.717, 1.165) is 25.7 Å². The highest BCUT2D eigenvalue weighted by Crippen LogP contribution is 2.61. The van der Waals surface area contributed by atoms with E-state index in [4.69, 9.17) is 9.94 Å². The summed E-state index contributed by atoms with van der Waals surface area (Å²) in [5.41, 5.74) is 0.870. The van der Waals surface area contributed by atoms with Gasteiger partial charge in [-0.1, -0.05) is 29.3 Å². The van der Waals surface area contributed by atoms with Crippen LogP contribution in [0.5, 0.6) is 0 Å². The van der Waals surface area contributed by atoms with Gasteiger partial charge >= 0.3 is 0 Å². The summed E-state index contributed by atoms with van der Waals surface area (Å²) in [6.45, 7) is -0.285. The van der Waals surface area contributed by atoms with Crippen molar-refractivity contribution in [1.82, 2.24) is 9.97 Å². The summed E-state index contributed by atoms with van der Waals surface area (Å²) in [6, 6.07) is 6.39. The predicted molar refractivity (Wildman–Crippen MR) is 125 cm³/mol. The van der Waals surface area contributed by atoms with Crippen LogP contribution in [0.1, 0.15) is 43.4 Å². The van der Waals surface area contributed by atoms with Gasteiger partial charge < -0.3 is 15.3 Å². The second-order valence-electron chi connectivity index (χ2n) is 7.60. The van der Waals surface area contributed by atoms with E-state index < -0.39 is 16.5 Å². The molecule has 4 rings (SSSR count). The van der Waals surface area contributed by atoms with E-state index in [1.807, 2.05) is 0 Å². The Labute approximate surface area is 193 Å². The molecule has 2 aromatic rings. The van der Waals surface area contributed by atoms with Gasteiger partial charge in [0.2, 0.25) is 0 Å². The number of carbonyl (C=O) groups excluding carboxylic acids is 1. The zero-order valence-electron chi connectivity index (χ0n) is 17.8. The van der Waals surface area contributed by atoms with Crippen molar-refractivity contribution in [2.45, 2.75) is 43.1 Å². The van der Waals surface area contributed by atoms with Gasteiger partial charge in [-0.3, -0.25) is 13.9 Å². The minimum atomic E-state index is -2.97. The lowest BCUT2D eigenvalue weighted by Gasteiger charge is -2.30. The molecule has 1 heterocycles. The molecule has 1 aromatic carbocycles. The van der Waals surface area contributed by atoms with Gasteiger partial charge in [-0.15, -0.1) is 10.6 Å². The molecule has 10 heteroatoms. The highest BCUT2D eigenvalue weighted by molar-refractivity contribution is 8.27. The van der Waals surface area contributed by atoms with Crippen LogP contribution in [0.4, 0.5) is 5.82 Å². The van der Waals surface area contributed by atoms with Gasteiger partial charge in [0.05, 0.1) is 17.3 Å². The Morgan fingerprint density at radius 2 is 1.91 bits per heavy atom. The topological polar surface area (TPSA) is 137 Å². The molecule has 0 radical (unpaired) electrons. The summed E-state index contributed by atoms with van der Waals surface area (Å²) in [7, 11) is -2.97. The molecule has 0 aliphatic heterocycles. The lowest BCUT2D eigenvalue weighted by atomic mass is 10.1. The van der Waals surface area contributed by atoms with Crippen LogP contribution in [0, 0.1) is 11.8 Å². The average Bonchev–Trinajstić information content (AvgIpc) is 3.57. The van der Waals surface area contributed by atoms with Crippen LogP contribution in [0.15, 0.2) is 57.7 Å². The van der Waals surface area contributed by atoms with Crippen LogP contribution in [0.3, 0.4) is 0 Å².